The monoisotopic (exact) mass is 525 g/mol. The van der Waals surface area contributed by atoms with Crippen molar-refractivity contribution in [3.63, 3.8) is 0 Å². The minimum Gasteiger partial charge on any atom is -0.508 e. The summed E-state index contributed by atoms with van der Waals surface area (Å²) < 4.78 is 1.24. The summed E-state index contributed by atoms with van der Waals surface area (Å²) in [5.74, 6) is -0.761. The fourth-order valence-electron chi connectivity index (χ4n) is 3.88. The maximum absolute atomic E-state index is 13.4. The third-order valence-electron chi connectivity index (χ3n) is 5.73. The van der Waals surface area contributed by atoms with Gasteiger partial charge in [-0.1, -0.05) is 54.6 Å². The van der Waals surface area contributed by atoms with E-state index in [1.54, 1.807) is 61.5 Å². The van der Waals surface area contributed by atoms with Gasteiger partial charge in [-0.25, -0.2) is 9.78 Å². The van der Waals surface area contributed by atoms with E-state index in [0.717, 1.165) is 11.1 Å². The molecule has 198 valence electrons. The Morgan fingerprint density at radius 2 is 1.74 bits per heavy atom. The molecule has 11 heteroatoms. The van der Waals surface area contributed by atoms with Crippen LogP contribution in [0.2, 0.25) is 0 Å². The van der Waals surface area contributed by atoms with Gasteiger partial charge in [0.1, 0.15) is 18.1 Å². The summed E-state index contributed by atoms with van der Waals surface area (Å²) in [6.07, 6.45) is 1.42. The Kier molecular flexibility index (Phi) is 8.00. The molecule has 0 atom stereocenters. The normalized spacial score (nSPS) is 10.5. The van der Waals surface area contributed by atoms with Crippen molar-refractivity contribution in [3.05, 3.63) is 106 Å². The summed E-state index contributed by atoms with van der Waals surface area (Å²) in [6.45, 7) is 1.64. The van der Waals surface area contributed by atoms with Crippen LogP contribution in [-0.2, 0) is 17.9 Å². The fraction of sp³-hybridized carbons (Fsp3) is 0.107. The van der Waals surface area contributed by atoms with Crippen molar-refractivity contribution in [2.24, 2.45) is 5.73 Å². The lowest BCUT2D eigenvalue weighted by molar-refractivity contribution is -0.121. The number of anilines is 2. The van der Waals surface area contributed by atoms with Gasteiger partial charge in [-0.3, -0.25) is 24.9 Å². The molecule has 0 aliphatic rings. The molecule has 4 aromatic rings. The molecule has 0 saturated heterocycles. The summed E-state index contributed by atoms with van der Waals surface area (Å²) in [7, 11) is 0. The number of carbonyl (C=O) groups is 2. The quantitative estimate of drug-likeness (QED) is 0.152. The van der Waals surface area contributed by atoms with Crippen LogP contribution < -0.4 is 27.2 Å². The number of rotatable bonds is 8. The molecule has 0 radical (unpaired) electrons. The van der Waals surface area contributed by atoms with Gasteiger partial charge in [0.2, 0.25) is 11.7 Å². The number of amidine groups is 1. The Morgan fingerprint density at radius 1 is 1.03 bits per heavy atom. The molecule has 11 nitrogen and oxygen atoms in total. The third-order valence-corrected chi connectivity index (χ3v) is 5.73. The average Bonchev–Trinajstić information content (AvgIpc) is 2.90. The standard InChI is InChI=1S/C28H27N7O4/c1-17-11-21(13-22(36)12-17)33-28(39)34-26-27(38)35(23(15-32-26)19-5-3-2-4-6-19)16-24(37)31-14-18-7-9-20(10-8-18)25(29)30/h2-13,15,36H,14,16H2,1H3,(H3,29,30)(H,31,37)(H2,32,33,34,39). The number of aryl methyl sites for hydroxylation is 1. The molecule has 0 fully saturated rings. The molecule has 3 amide bonds. The number of aromatic hydroxyl groups is 1. The fourth-order valence-corrected chi connectivity index (χ4v) is 3.88. The van der Waals surface area contributed by atoms with Crippen LogP contribution in [-0.4, -0.2) is 32.4 Å². The molecule has 0 unspecified atom stereocenters. The van der Waals surface area contributed by atoms with E-state index >= 15 is 0 Å². The van der Waals surface area contributed by atoms with Gasteiger partial charge in [-0.05, 0) is 35.7 Å². The number of phenolic OH excluding ortho intramolecular Hbond substituents is 1. The lowest BCUT2D eigenvalue weighted by atomic mass is 10.1. The van der Waals surface area contributed by atoms with E-state index in [1.165, 1.54) is 22.9 Å². The zero-order chi connectivity index (χ0) is 27.9. The van der Waals surface area contributed by atoms with E-state index in [2.05, 4.69) is 20.9 Å². The van der Waals surface area contributed by atoms with E-state index in [4.69, 9.17) is 11.1 Å². The molecular weight excluding hydrogens is 498 g/mol. The summed E-state index contributed by atoms with van der Waals surface area (Å²) >= 11 is 0. The van der Waals surface area contributed by atoms with Crippen molar-refractivity contribution in [2.45, 2.75) is 20.0 Å². The van der Waals surface area contributed by atoms with Crippen LogP contribution in [0.15, 0.2) is 83.8 Å². The van der Waals surface area contributed by atoms with Gasteiger partial charge in [0, 0.05) is 23.9 Å². The minimum atomic E-state index is -0.734. The lowest BCUT2D eigenvalue weighted by Gasteiger charge is -2.15. The number of benzene rings is 3. The van der Waals surface area contributed by atoms with E-state index in [9.17, 15) is 19.5 Å². The molecule has 0 aliphatic heterocycles. The van der Waals surface area contributed by atoms with Crippen LogP contribution in [0.3, 0.4) is 0 Å². The van der Waals surface area contributed by atoms with Crippen molar-refractivity contribution in [1.29, 1.82) is 5.41 Å². The molecule has 1 heterocycles. The number of amides is 3. The van der Waals surface area contributed by atoms with Crippen LogP contribution in [0.1, 0.15) is 16.7 Å². The van der Waals surface area contributed by atoms with Crippen molar-refractivity contribution >= 4 is 29.3 Å². The molecule has 0 spiro atoms. The first-order valence-electron chi connectivity index (χ1n) is 11.9. The molecule has 1 aromatic heterocycles. The Bertz CT molecular complexity index is 1560. The van der Waals surface area contributed by atoms with Crippen molar-refractivity contribution < 1.29 is 14.7 Å². The number of nitrogen functional groups attached to an aromatic ring is 1. The highest BCUT2D eigenvalue weighted by Gasteiger charge is 2.17. The Hall–Kier alpha value is -5.45. The first kappa shape index (κ1) is 26.6. The maximum atomic E-state index is 13.4. The third kappa shape index (κ3) is 6.86. The zero-order valence-corrected chi connectivity index (χ0v) is 21.1. The second-order valence-electron chi connectivity index (χ2n) is 8.77. The summed E-state index contributed by atoms with van der Waals surface area (Å²) in [5.41, 5.74) is 8.31. The smallest absolute Gasteiger partial charge is 0.325 e. The van der Waals surface area contributed by atoms with E-state index < -0.39 is 17.5 Å². The first-order valence-corrected chi connectivity index (χ1v) is 11.9. The minimum absolute atomic E-state index is 0.0150. The highest BCUT2D eigenvalue weighted by molar-refractivity contribution is 5.99. The van der Waals surface area contributed by atoms with Crippen LogP contribution in [0, 0.1) is 12.3 Å². The molecule has 4 rings (SSSR count). The van der Waals surface area contributed by atoms with Gasteiger partial charge in [-0.15, -0.1) is 0 Å². The average molecular weight is 526 g/mol. The molecule has 0 saturated carbocycles. The van der Waals surface area contributed by atoms with E-state index in [-0.39, 0.29) is 30.5 Å². The Morgan fingerprint density at radius 3 is 2.41 bits per heavy atom. The Labute approximate surface area is 223 Å². The van der Waals surface area contributed by atoms with Crippen LogP contribution in [0.4, 0.5) is 16.3 Å². The second kappa shape index (κ2) is 11.7. The maximum Gasteiger partial charge on any atom is 0.325 e. The summed E-state index contributed by atoms with van der Waals surface area (Å²) in [5, 5.41) is 25.0. The molecule has 0 bridgehead atoms. The van der Waals surface area contributed by atoms with Gasteiger partial charge < -0.3 is 21.5 Å². The molecule has 39 heavy (non-hydrogen) atoms. The molecular formula is C28H27N7O4. The number of phenols is 1. The highest BCUT2D eigenvalue weighted by atomic mass is 16.3. The predicted molar refractivity (Wildman–Crippen MR) is 149 cm³/mol. The number of nitrogens with two attached hydrogens (primary N) is 1. The van der Waals surface area contributed by atoms with Gasteiger partial charge in [0.05, 0.1) is 11.9 Å². The van der Waals surface area contributed by atoms with E-state index in [0.29, 0.717) is 22.5 Å². The molecule has 3 aromatic carbocycles. The van der Waals surface area contributed by atoms with Gasteiger partial charge in [0.15, 0.2) is 0 Å². The van der Waals surface area contributed by atoms with Gasteiger partial charge in [0.25, 0.3) is 5.56 Å². The number of hydrogen-bond acceptors (Lipinski definition) is 6. The highest BCUT2D eigenvalue weighted by Crippen LogP contribution is 2.20. The second-order valence-corrected chi connectivity index (χ2v) is 8.77. The predicted octanol–water partition coefficient (Wildman–Crippen LogP) is 3.17. The van der Waals surface area contributed by atoms with Crippen molar-refractivity contribution in [1.82, 2.24) is 14.9 Å². The largest absolute Gasteiger partial charge is 0.508 e. The summed E-state index contributed by atoms with van der Waals surface area (Å²) in [4.78, 5) is 43.0. The van der Waals surface area contributed by atoms with Gasteiger partial charge >= 0.3 is 6.03 Å². The lowest BCUT2D eigenvalue weighted by Crippen LogP contribution is -2.35. The number of nitrogens with one attached hydrogen (secondary N) is 4. The first-order chi connectivity index (χ1) is 18.7. The summed E-state index contributed by atoms with van der Waals surface area (Å²) in [6, 6.07) is 19.7. The number of aromatic nitrogens is 2. The van der Waals surface area contributed by atoms with E-state index in [1.807, 2.05) is 6.07 Å². The SMILES string of the molecule is Cc1cc(O)cc(NC(=O)Nc2ncc(-c3ccccc3)n(CC(=O)NCc3ccc(C(=N)N)cc3)c2=O)c1. The van der Waals surface area contributed by atoms with Crippen molar-refractivity contribution in [2.75, 3.05) is 10.6 Å². The Balaban J connectivity index is 1.54. The number of urea groups is 1. The number of carbonyl (C=O) groups excluding carboxylic acids is 2. The molecule has 0 aliphatic carbocycles. The number of nitrogens with zero attached hydrogens (tertiary/aromatic N) is 2. The van der Waals surface area contributed by atoms with Crippen LogP contribution in [0.25, 0.3) is 11.3 Å². The van der Waals surface area contributed by atoms with Crippen LogP contribution in [0.5, 0.6) is 5.75 Å². The van der Waals surface area contributed by atoms with Crippen molar-refractivity contribution in [3.8, 4) is 17.0 Å². The van der Waals surface area contributed by atoms with Crippen LogP contribution >= 0.6 is 0 Å². The zero-order valence-electron chi connectivity index (χ0n) is 21.1. The number of hydrogen-bond donors (Lipinski definition) is 6. The van der Waals surface area contributed by atoms with Gasteiger partial charge in [-0.2, -0.15) is 0 Å². The topological polar surface area (TPSA) is 175 Å². The molecule has 7 N–H and O–H groups in total.